The lowest BCUT2D eigenvalue weighted by Gasteiger charge is -2.03. The van der Waals surface area contributed by atoms with E-state index in [-0.39, 0.29) is 0 Å². The van der Waals surface area contributed by atoms with Crippen molar-refractivity contribution in [3.8, 4) is 0 Å². The Balaban J connectivity index is 2.16. The summed E-state index contributed by atoms with van der Waals surface area (Å²) in [5, 5.41) is 3.10. The van der Waals surface area contributed by atoms with Crippen LogP contribution in [0.5, 0.6) is 0 Å². The van der Waals surface area contributed by atoms with Gasteiger partial charge in [0.15, 0.2) is 0 Å². The molecule has 2 aromatic heterocycles. The van der Waals surface area contributed by atoms with Crippen LogP contribution in [0.3, 0.4) is 0 Å². The fourth-order valence-corrected chi connectivity index (χ4v) is 1.06. The molecule has 0 saturated carbocycles. The van der Waals surface area contributed by atoms with Gasteiger partial charge < -0.3 is 11.1 Å². The molecule has 0 saturated heterocycles. The molecule has 2 aromatic rings. The number of nitrogen functional groups attached to an aromatic ring is 1. The van der Waals surface area contributed by atoms with Gasteiger partial charge in [-0.1, -0.05) is 0 Å². The maximum atomic E-state index is 5.52. The van der Waals surface area contributed by atoms with Gasteiger partial charge in [-0.3, -0.25) is 4.98 Å². The van der Waals surface area contributed by atoms with E-state index in [0.29, 0.717) is 5.69 Å². The number of rotatable bonds is 2. The van der Waals surface area contributed by atoms with Crippen LogP contribution in [0.1, 0.15) is 0 Å². The first-order chi connectivity index (χ1) is 6.84. The second kappa shape index (κ2) is 3.74. The highest BCUT2D eigenvalue weighted by Gasteiger charge is 1.94. The molecule has 0 atom stereocenters. The van der Waals surface area contributed by atoms with E-state index < -0.39 is 0 Å². The van der Waals surface area contributed by atoms with Crippen molar-refractivity contribution < 1.29 is 0 Å². The van der Waals surface area contributed by atoms with Gasteiger partial charge in [-0.05, 0) is 24.3 Å². The summed E-state index contributed by atoms with van der Waals surface area (Å²) < 4.78 is 0. The number of anilines is 3. The Kier molecular flexibility index (Phi) is 2.27. The molecular formula is C10H10N4. The lowest BCUT2D eigenvalue weighted by Crippen LogP contribution is -1.94. The van der Waals surface area contributed by atoms with Crippen LogP contribution in [0, 0.1) is 0 Å². The van der Waals surface area contributed by atoms with Crippen LogP contribution < -0.4 is 11.1 Å². The van der Waals surface area contributed by atoms with Crippen LogP contribution in [0.15, 0.2) is 42.9 Å². The third-order valence-corrected chi connectivity index (χ3v) is 1.72. The van der Waals surface area contributed by atoms with Crippen molar-refractivity contribution in [1.82, 2.24) is 9.97 Å². The molecule has 0 amide bonds. The average molecular weight is 186 g/mol. The van der Waals surface area contributed by atoms with Crippen LogP contribution in [-0.2, 0) is 0 Å². The molecule has 0 bridgehead atoms. The number of pyridine rings is 2. The average Bonchev–Trinajstić information content (AvgIpc) is 2.23. The molecule has 0 aliphatic heterocycles. The second-order valence-electron chi connectivity index (χ2n) is 2.84. The van der Waals surface area contributed by atoms with E-state index in [0.717, 1.165) is 11.5 Å². The van der Waals surface area contributed by atoms with Gasteiger partial charge in [0, 0.05) is 6.20 Å². The van der Waals surface area contributed by atoms with E-state index in [4.69, 9.17) is 5.73 Å². The van der Waals surface area contributed by atoms with Crippen molar-refractivity contribution >= 4 is 17.2 Å². The Morgan fingerprint density at radius 1 is 1.14 bits per heavy atom. The first-order valence-corrected chi connectivity index (χ1v) is 4.23. The SMILES string of the molecule is Nc1ccc(Nc2cccnc2)nc1. The zero-order valence-electron chi connectivity index (χ0n) is 7.51. The molecule has 3 N–H and O–H groups in total. The highest BCUT2D eigenvalue weighted by molar-refractivity contribution is 5.55. The van der Waals surface area contributed by atoms with Crippen LogP contribution >= 0.6 is 0 Å². The van der Waals surface area contributed by atoms with Crippen molar-refractivity contribution in [3.05, 3.63) is 42.9 Å². The van der Waals surface area contributed by atoms with E-state index in [1.807, 2.05) is 18.2 Å². The largest absolute Gasteiger partial charge is 0.397 e. The summed E-state index contributed by atoms with van der Waals surface area (Å²) in [5.41, 5.74) is 7.08. The normalized spacial score (nSPS) is 9.71. The van der Waals surface area contributed by atoms with E-state index in [2.05, 4.69) is 15.3 Å². The van der Waals surface area contributed by atoms with Gasteiger partial charge >= 0.3 is 0 Å². The number of nitrogens with two attached hydrogens (primary N) is 1. The molecule has 2 heterocycles. The van der Waals surface area contributed by atoms with Crippen LogP contribution in [0.2, 0.25) is 0 Å². The number of hydrogen-bond acceptors (Lipinski definition) is 4. The fraction of sp³-hybridized carbons (Fsp3) is 0. The summed E-state index contributed by atoms with van der Waals surface area (Å²) in [6.45, 7) is 0. The monoisotopic (exact) mass is 186 g/mol. The van der Waals surface area contributed by atoms with E-state index in [1.165, 1.54) is 0 Å². The topological polar surface area (TPSA) is 63.8 Å². The first kappa shape index (κ1) is 8.50. The fourth-order valence-electron chi connectivity index (χ4n) is 1.06. The lowest BCUT2D eigenvalue weighted by atomic mass is 10.4. The molecule has 4 nitrogen and oxygen atoms in total. The molecule has 2 rings (SSSR count). The van der Waals surface area contributed by atoms with Gasteiger partial charge in [0.05, 0.1) is 23.8 Å². The summed E-state index contributed by atoms with van der Waals surface area (Å²) in [4.78, 5) is 8.09. The standard InChI is InChI=1S/C10H10N4/c11-8-3-4-10(13-6-8)14-9-2-1-5-12-7-9/h1-7H,11H2,(H,13,14). The number of hydrogen-bond donors (Lipinski definition) is 2. The quantitative estimate of drug-likeness (QED) is 0.750. The minimum absolute atomic E-state index is 0.654. The maximum Gasteiger partial charge on any atom is 0.130 e. The van der Waals surface area contributed by atoms with Crippen molar-refractivity contribution in [2.75, 3.05) is 11.1 Å². The predicted octanol–water partition coefficient (Wildman–Crippen LogP) is 1.80. The van der Waals surface area contributed by atoms with E-state index in [9.17, 15) is 0 Å². The Hall–Kier alpha value is -2.10. The predicted molar refractivity (Wildman–Crippen MR) is 56.2 cm³/mol. The molecular weight excluding hydrogens is 176 g/mol. The summed E-state index contributed by atoms with van der Waals surface area (Å²) in [7, 11) is 0. The van der Waals surface area contributed by atoms with Crippen LogP contribution in [0.25, 0.3) is 0 Å². The Morgan fingerprint density at radius 2 is 2.07 bits per heavy atom. The molecule has 0 unspecified atom stereocenters. The van der Waals surface area contributed by atoms with Gasteiger partial charge in [-0.15, -0.1) is 0 Å². The molecule has 14 heavy (non-hydrogen) atoms. The molecule has 0 spiro atoms. The molecule has 0 aliphatic rings. The molecule has 0 radical (unpaired) electrons. The molecule has 4 heteroatoms. The lowest BCUT2D eigenvalue weighted by molar-refractivity contribution is 1.28. The van der Waals surface area contributed by atoms with Gasteiger partial charge in [0.25, 0.3) is 0 Å². The van der Waals surface area contributed by atoms with Gasteiger partial charge in [-0.2, -0.15) is 0 Å². The highest BCUT2D eigenvalue weighted by atomic mass is 15.0. The zero-order chi connectivity index (χ0) is 9.80. The molecule has 0 aromatic carbocycles. The minimum atomic E-state index is 0.654. The first-order valence-electron chi connectivity index (χ1n) is 4.23. The third kappa shape index (κ3) is 1.98. The van der Waals surface area contributed by atoms with Crippen molar-refractivity contribution in [1.29, 1.82) is 0 Å². The maximum absolute atomic E-state index is 5.52. The van der Waals surface area contributed by atoms with Crippen molar-refractivity contribution in [2.45, 2.75) is 0 Å². The second-order valence-corrected chi connectivity index (χ2v) is 2.84. The summed E-state index contributed by atoms with van der Waals surface area (Å²) in [6, 6.07) is 7.40. The Bertz CT molecular complexity index is 396. The van der Waals surface area contributed by atoms with Crippen LogP contribution in [-0.4, -0.2) is 9.97 Å². The summed E-state index contributed by atoms with van der Waals surface area (Å²) in [5.74, 6) is 0.757. The Labute approximate surface area is 81.8 Å². The number of aromatic nitrogens is 2. The van der Waals surface area contributed by atoms with Crippen molar-refractivity contribution in [3.63, 3.8) is 0 Å². The minimum Gasteiger partial charge on any atom is -0.397 e. The van der Waals surface area contributed by atoms with E-state index >= 15 is 0 Å². The summed E-state index contributed by atoms with van der Waals surface area (Å²) >= 11 is 0. The van der Waals surface area contributed by atoms with Crippen LogP contribution in [0.4, 0.5) is 17.2 Å². The zero-order valence-corrected chi connectivity index (χ0v) is 7.51. The van der Waals surface area contributed by atoms with E-state index in [1.54, 1.807) is 24.7 Å². The molecule has 70 valence electrons. The summed E-state index contributed by atoms with van der Waals surface area (Å²) in [6.07, 6.45) is 5.07. The van der Waals surface area contributed by atoms with Gasteiger partial charge in [0.2, 0.25) is 0 Å². The number of nitrogens with zero attached hydrogens (tertiary/aromatic N) is 2. The van der Waals surface area contributed by atoms with Crippen molar-refractivity contribution in [2.24, 2.45) is 0 Å². The van der Waals surface area contributed by atoms with Gasteiger partial charge in [0.1, 0.15) is 5.82 Å². The smallest absolute Gasteiger partial charge is 0.130 e. The third-order valence-electron chi connectivity index (χ3n) is 1.72. The Morgan fingerprint density at radius 3 is 2.71 bits per heavy atom. The molecule has 0 aliphatic carbocycles. The van der Waals surface area contributed by atoms with Gasteiger partial charge in [-0.25, -0.2) is 4.98 Å². The highest BCUT2D eigenvalue weighted by Crippen LogP contribution is 2.12. The number of nitrogens with one attached hydrogen (secondary N) is 1. The molecule has 0 fully saturated rings.